The topological polar surface area (TPSA) is 63.2 Å². The van der Waals surface area contributed by atoms with Crippen molar-refractivity contribution in [2.75, 3.05) is 6.26 Å². The fourth-order valence-corrected chi connectivity index (χ4v) is 3.02. The van der Waals surface area contributed by atoms with Crippen LogP contribution in [0.3, 0.4) is 0 Å². The lowest BCUT2D eigenvalue weighted by Crippen LogP contribution is -2.25. The van der Waals surface area contributed by atoms with Crippen molar-refractivity contribution in [3.63, 3.8) is 0 Å². The summed E-state index contributed by atoms with van der Waals surface area (Å²) >= 11 is 1.38. The first-order valence-electron chi connectivity index (χ1n) is 6.02. The lowest BCUT2D eigenvalue weighted by Gasteiger charge is -2.14. The average molecular weight is 309 g/mol. The number of carbonyl (C=O) groups excluding carboxylic acids is 1. The van der Waals surface area contributed by atoms with E-state index in [0.29, 0.717) is 4.88 Å². The molecule has 1 heterocycles. The van der Waals surface area contributed by atoms with Gasteiger partial charge in [0.1, 0.15) is 0 Å². The van der Waals surface area contributed by atoms with Crippen LogP contribution in [0.15, 0.2) is 46.7 Å². The number of thiophene rings is 1. The van der Waals surface area contributed by atoms with E-state index in [0.717, 1.165) is 5.56 Å². The van der Waals surface area contributed by atoms with Crippen molar-refractivity contribution in [1.82, 2.24) is 5.32 Å². The molecule has 0 saturated carbocycles. The van der Waals surface area contributed by atoms with Crippen LogP contribution in [-0.4, -0.2) is 20.6 Å². The predicted octanol–water partition coefficient (Wildman–Crippen LogP) is 2.64. The largest absolute Gasteiger partial charge is 0.345 e. The van der Waals surface area contributed by atoms with Gasteiger partial charge in [-0.1, -0.05) is 18.2 Å². The maximum atomic E-state index is 11.9. The summed E-state index contributed by atoms with van der Waals surface area (Å²) in [5.41, 5.74) is 0.863. The van der Waals surface area contributed by atoms with Crippen LogP contribution in [0.2, 0.25) is 0 Å². The molecule has 4 nitrogen and oxygen atoms in total. The summed E-state index contributed by atoms with van der Waals surface area (Å²) in [6.45, 7) is 1.86. The van der Waals surface area contributed by atoms with Crippen molar-refractivity contribution >= 4 is 27.1 Å². The Balaban J connectivity index is 2.10. The molecule has 0 saturated heterocycles. The van der Waals surface area contributed by atoms with Crippen LogP contribution in [0.4, 0.5) is 0 Å². The summed E-state index contributed by atoms with van der Waals surface area (Å²) in [7, 11) is -3.19. The molecule has 0 unspecified atom stereocenters. The SMILES string of the molecule is C[C@@H](NC(=O)c1cccs1)c1ccc(S(C)(=O)=O)cc1. The molecule has 0 spiro atoms. The number of hydrogen-bond acceptors (Lipinski definition) is 4. The first-order valence-corrected chi connectivity index (χ1v) is 8.79. The van der Waals surface area contributed by atoms with Crippen molar-refractivity contribution in [3.8, 4) is 0 Å². The highest BCUT2D eigenvalue weighted by Gasteiger charge is 2.13. The summed E-state index contributed by atoms with van der Waals surface area (Å²) in [4.78, 5) is 12.9. The Kier molecular flexibility index (Phi) is 4.25. The van der Waals surface area contributed by atoms with Crippen LogP contribution < -0.4 is 5.32 Å². The zero-order chi connectivity index (χ0) is 14.8. The molecule has 0 aliphatic heterocycles. The first kappa shape index (κ1) is 14.7. The minimum atomic E-state index is -3.19. The molecule has 0 bridgehead atoms. The first-order chi connectivity index (χ1) is 9.38. The quantitative estimate of drug-likeness (QED) is 0.944. The van der Waals surface area contributed by atoms with Crippen molar-refractivity contribution in [1.29, 1.82) is 0 Å². The van der Waals surface area contributed by atoms with Gasteiger partial charge in [-0.25, -0.2) is 8.42 Å². The Labute approximate surface area is 122 Å². The second-order valence-electron chi connectivity index (χ2n) is 4.51. The van der Waals surface area contributed by atoms with E-state index < -0.39 is 9.84 Å². The number of sulfone groups is 1. The molecule has 1 aromatic carbocycles. The monoisotopic (exact) mass is 309 g/mol. The van der Waals surface area contributed by atoms with E-state index in [-0.39, 0.29) is 16.8 Å². The Morgan fingerprint density at radius 2 is 1.85 bits per heavy atom. The van der Waals surface area contributed by atoms with Crippen LogP contribution >= 0.6 is 11.3 Å². The molecule has 0 aliphatic carbocycles. The van der Waals surface area contributed by atoms with E-state index in [4.69, 9.17) is 0 Å². The third-order valence-electron chi connectivity index (χ3n) is 2.90. The van der Waals surface area contributed by atoms with Crippen LogP contribution in [0, 0.1) is 0 Å². The summed E-state index contributed by atoms with van der Waals surface area (Å²) in [5.74, 6) is -0.125. The minimum absolute atomic E-state index is 0.125. The molecule has 0 radical (unpaired) electrons. The number of rotatable bonds is 4. The highest BCUT2D eigenvalue weighted by Crippen LogP contribution is 2.17. The van der Waals surface area contributed by atoms with Crippen LogP contribution in [-0.2, 0) is 9.84 Å². The van der Waals surface area contributed by atoms with Crippen LogP contribution in [0.5, 0.6) is 0 Å². The number of benzene rings is 1. The third-order valence-corrected chi connectivity index (χ3v) is 4.90. The van der Waals surface area contributed by atoms with Gasteiger partial charge in [-0.05, 0) is 36.1 Å². The maximum absolute atomic E-state index is 11.9. The highest BCUT2D eigenvalue weighted by atomic mass is 32.2. The second kappa shape index (κ2) is 5.76. The minimum Gasteiger partial charge on any atom is -0.345 e. The molecule has 20 heavy (non-hydrogen) atoms. The summed E-state index contributed by atoms with van der Waals surface area (Å²) < 4.78 is 22.8. The Morgan fingerprint density at radius 1 is 1.20 bits per heavy atom. The molecular weight excluding hydrogens is 294 g/mol. The standard InChI is InChI=1S/C14H15NO3S2/c1-10(15-14(16)13-4-3-9-19-13)11-5-7-12(8-6-11)20(2,17)18/h3-10H,1-2H3,(H,15,16)/t10-/m1/s1. The summed E-state index contributed by atoms with van der Waals surface area (Å²) in [5, 5.41) is 4.73. The summed E-state index contributed by atoms with van der Waals surface area (Å²) in [6, 6.07) is 9.95. The van der Waals surface area contributed by atoms with E-state index in [1.54, 1.807) is 30.3 Å². The van der Waals surface area contributed by atoms with Gasteiger partial charge in [0.25, 0.3) is 5.91 Å². The summed E-state index contributed by atoms with van der Waals surface area (Å²) in [6.07, 6.45) is 1.17. The lowest BCUT2D eigenvalue weighted by atomic mass is 10.1. The molecule has 2 rings (SSSR count). The van der Waals surface area contributed by atoms with Gasteiger partial charge in [-0.3, -0.25) is 4.79 Å². The van der Waals surface area contributed by atoms with Crippen LogP contribution in [0.25, 0.3) is 0 Å². The van der Waals surface area contributed by atoms with E-state index in [1.807, 2.05) is 18.4 Å². The van der Waals surface area contributed by atoms with Crippen molar-refractivity contribution in [3.05, 3.63) is 52.2 Å². The molecule has 106 valence electrons. The van der Waals surface area contributed by atoms with Gasteiger partial charge in [0.05, 0.1) is 15.8 Å². The smallest absolute Gasteiger partial charge is 0.261 e. The Hall–Kier alpha value is -1.66. The zero-order valence-electron chi connectivity index (χ0n) is 11.2. The Bertz CT molecular complexity index is 689. The van der Waals surface area contributed by atoms with Crippen molar-refractivity contribution in [2.24, 2.45) is 0 Å². The molecule has 2 aromatic rings. The fourth-order valence-electron chi connectivity index (χ4n) is 1.76. The Morgan fingerprint density at radius 3 is 2.35 bits per heavy atom. The van der Waals surface area contributed by atoms with Gasteiger partial charge < -0.3 is 5.32 Å². The molecule has 1 N–H and O–H groups in total. The van der Waals surface area contributed by atoms with E-state index in [9.17, 15) is 13.2 Å². The average Bonchev–Trinajstić information content (AvgIpc) is 2.91. The molecule has 0 aliphatic rings. The van der Waals surface area contributed by atoms with Crippen molar-refractivity contribution in [2.45, 2.75) is 17.9 Å². The predicted molar refractivity (Wildman–Crippen MR) is 79.8 cm³/mol. The molecular formula is C14H15NO3S2. The number of hydrogen-bond donors (Lipinski definition) is 1. The third kappa shape index (κ3) is 3.46. The van der Waals surface area contributed by atoms with Gasteiger partial charge in [0.15, 0.2) is 9.84 Å². The number of carbonyl (C=O) groups is 1. The van der Waals surface area contributed by atoms with Crippen molar-refractivity contribution < 1.29 is 13.2 Å². The maximum Gasteiger partial charge on any atom is 0.261 e. The number of amides is 1. The lowest BCUT2D eigenvalue weighted by molar-refractivity contribution is 0.0944. The van der Waals surface area contributed by atoms with Gasteiger partial charge in [0.2, 0.25) is 0 Å². The zero-order valence-corrected chi connectivity index (χ0v) is 12.8. The molecule has 1 atom stereocenters. The molecule has 6 heteroatoms. The normalized spacial score (nSPS) is 12.9. The van der Waals surface area contributed by atoms with Gasteiger partial charge >= 0.3 is 0 Å². The van der Waals surface area contributed by atoms with Gasteiger partial charge in [-0.2, -0.15) is 0 Å². The van der Waals surface area contributed by atoms with E-state index in [1.165, 1.54) is 17.6 Å². The van der Waals surface area contributed by atoms with Gasteiger partial charge in [0, 0.05) is 6.26 Å². The van der Waals surface area contributed by atoms with Gasteiger partial charge in [-0.15, -0.1) is 11.3 Å². The fraction of sp³-hybridized carbons (Fsp3) is 0.214. The molecule has 0 fully saturated rings. The van der Waals surface area contributed by atoms with Crippen LogP contribution in [0.1, 0.15) is 28.2 Å². The number of nitrogens with one attached hydrogen (secondary N) is 1. The van der Waals surface area contributed by atoms with E-state index in [2.05, 4.69) is 5.32 Å². The molecule has 1 aromatic heterocycles. The second-order valence-corrected chi connectivity index (χ2v) is 7.48. The molecule has 1 amide bonds. The highest BCUT2D eigenvalue weighted by molar-refractivity contribution is 7.90. The van der Waals surface area contributed by atoms with E-state index >= 15 is 0 Å².